The summed E-state index contributed by atoms with van der Waals surface area (Å²) >= 11 is 0. The van der Waals surface area contributed by atoms with E-state index in [0.29, 0.717) is 17.8 Å². The first-order valence-electron chi connectivity index (χ1n) is 17.0. The Labute approximate surface area is 272 Å². The molecule has 3 unspecified atom stereocenters. The van der Waals surface area contributed by atoms with Crippen molar-refractivity contribution in [1.29, 1.82) is 0 Å². The Balaban J connectivity index is 1.21. The second kappa shape index (κ2) is 10.7. The van der Waals surface area contributed by atoms with Gasteiger partial charge in [0.25, 0.3) is 0 Å². The molecule has 46 heavy (non-hydrogen) atoms. The normalized spacial score (nSPS) is 22.6. The molecular formula is C44H40N2. The molecule has 3 atom stereocenters. The van der Waals surface area contributed by atoms with E-state index in [1.165, 1.54) is 61.7 Å². The first-order chi connectivity index (χ1) is 22.6. The topological polar surface area (TPSA) is 15.3 Å². The van der Waals surface area contributed by atoms with E-state index in [0.717, 1.165) is 19.5 Å². The van der Waals surface area contributed by atoms with Gasteiger partial charge >= 0.3 is 0 Å². The van der Waals surface area contributed by atoms with E-state index in [4.69, 9.17) is 0 Å². The molecule has 0 bridgehead atoms. The maximum Gasteiger partial charge on any atom is 0.0540 e. The molecule has 5 aromatic rings. The van der Waals surface area contributed by atoms with E-state index >= 15 is 0 Å². The minimum absolute atomic E-state index is 0.203. The largest absolute Gasteiger partial charge is 0.313 e. The smallest absolute Gasteiger partial charge is 0.0540 e. The van der Waals surface area contributed by atoms with Crippen molar-refractivity contribution in [1.82, 2.24) is 5.32 Å². The van der Waals surface area contributed by atoms with Crippen molar-refractivity contribution in [3.8, 4) is 0 Å². The number of anilines is 3. The molecule has 5 aromatic carbocycles. The molecule has 1 N–H and O–H groups in total. The predicted molar refractivity (Wildman–Crippen MR) is 195 cm³/mol. The van der Waals surface area contributed by atoms with E-state index in [2.05, 4.69) is 158 Å². The monoisotopic (exact) mass is 596 g/mol. The number of fused-ring (bicyclic) bond motifs is 7. The minimum atomic E-state index is 0.203. The van der Waals surface area contributed by atoms with Crippen molar-refractivity contribution >= 4 is 44.7 Å². The van der Waals surface area contributed by atoms with Gasteiger partial charge in [0.15, 0.2) is 0 Å². The highest BCUT2D eigenvalue weighted by Crippen LogP contribution is 2.59. The van der Waals surface area contributed by atoms with Crippen LogP contribution in [-0.2, 0) is 0 Å². The van der Waals surface area contributed by atoms with Crippen LogP contribution in [0.3, 0.4) is 0 Å². The molecule has 0 radical (unpaired) electrons. The number of nitrogens with zero attached hydrogens (tertiary/aromatic N) is 1. The maximum atomic E-state index is 3.70. The van der Waals surface area contributed by atoms with Crippen molar-refractivity contribution in [2.45, 2.75) is 38.5 Å². The number of benzene rings is 5. The molecule has 0 aromatic heterocycles. The summed E-state index contributed by atoms with van der Waals surface area (Å²) in [5.41, 5.74) is 11.3. The molecule has 2 heteroatoms. The Morgan fingerprint density at radius 2 is 1.57 bits per heavy atom. The number of rotatable bonds is 4. The summed E-state index contributed by atoms with van der Waals surface area (Å²) < 4.78 is 0. The van der Waals surface area contributed by atoms with Crippen LogP contribution in [0.1, 0.15) is 55.2 Å². The van der Waals surface area contributed by atoms with Gasteiger partial charge in [-0.05, 0) is 99.5 Å². The van der Waals surface area contributed by atoms with Crippen LogP contribution in [0.25, 0.3) is 27.6 Å². The molecule has 0 fully saturated rings. The van der Waals surface area contributed by atoms with E-state index in [1.54, 1.807) is 11.1 Å². The standard InChI is InChI=1S/C44H40N2/c1-44(2)40-25-26-45-28-39(40)43-37-22-18-32-17-21-34(27-38(32)36(37)23-24-41(43)44)46(42-14-8-12-31-11-6-7-13-35(31)42)33-19-15-30(16-20-33)29-9-4-3-5-10-29/h3-9,11-24,27,29,41,43,45H,10,25-26,28H2,1-2H3. The molecular weight excluding hydrogens is 556 g/mol. The van der Waals surface area contributed by atoms with Gasteiger partial charge in [-0.15, -0.1) is 0 Å². The quantitative estimate of drug-likeness (QED) is 0.208. The molecule has 3 aliphatic carbocycles. The van der Waals surface area contributed by atoms with E-state index in [1.807, 2.05) is 0 Å². The lowest BCUT2D eigenvalue weighted by molar-refractivity contribution is 0.321. The highest BCUT2D eigenvalue weighted by molar-refractivity contribution is 6.01. The van der Waals surface area contributed by atoms with Crippen LogP contribution in [0.4, 0.5) is 17.1 Å². The van der Waals surface area contributed by atoms with Gasteiger partial charge in [0.1, 0.15) is 0 Å². The molecule has 0 amide bonds. The average molecular weight is 597 g/mol. The summed E-state index contributed by atoms with van der Waals surface area (Å²) in [6.45, 7) is 7.06. The summed E-state index contributed by atoms with van der Waals surface area (Å²) in [6, 6.07) is 36.5. The first-order valence-corrected chi connectivity index (χ1v) is 17.0. The molecule has 9 rings (SSSR count). The molecule has 0 saturated carbocycles. The van der Waals surface area contributed by atoms with Gasteiger partial charge in [-0.1, -0.05) is 123 Å². The number of nitrogens with one attached hydrogen (secondary N) is 1. The zero-order chi connectivity index (χ0) is 30.8. The van der Waals surface area contributed by atoms with Crippen molar-refractivity contribution < 1.29 is 0 Å². The van der Waals surface area contributed by atoms with Crippen LogP contribution >= 0.6 is 0 Å². The van der Waals surface area contributed by atoms with Gasteiger partial charge in [0.05, 0.1) is 5.69 Å². The third-order valence-electron chi connectivity index (χ3n) is 11.3. The van der Waals surface area contributed by atoms with Crippen molar-refractivity contribution in [3.63, 3.8) is 0 Å². The van der Waals surface area contributed by atoms with Crippen molar-refractivity contribution in [3.05, 3.63) is 155 Å². The van der Waals surface area contributed by atoms with Gasteiger partial charge in [0, 0.05) is 35.1 Å². The van der Waals surface area contributed by atoms with Gasteiger partial charge in [-0.2, -0.15) is 0 Å². The lowest BCUT2D eigenvalue weighted by Gasteiger charge is -2.35. The first kappa shape index (κ1) is 27.6. The fourth-order valence-corrected chi connectivity index (χ4v) is 8.98. The van der Waals surface area contributed by atoms with Crippen molar-refractivity contribution in [2.24, 2.45) is 11.3 Å². The summed E-state index contributed by atoms with van der Waals surface area (Å²) in [7, 11) is 0. The third-order valence-corrected chi connectivity index (χ3v) is 11.3. The Kier molecular flexibility index (Phi) is 6.44. The fraction of sp³-hybridized carbons (Fsp3) is 0.227. The van der Waals surface area contributed by atoms with Crippen LogP contribution in [-0.4, -0.2) is 13.1 Å². The summed E-state index contributed by atoms with van der Waals surface area (Å²) in [5.74, 6) is 1.41. The Morgan fingerprint density at radius 1 is 0.761 bits per heavy atom. The van der Waals surface area contributed by atoms with E-state index in [9.17, 15) is 0 Å². The maximum absolute atomic E-state index is 3.70. The molecule has 0 saturated heterocycles. The number of hydrogen-bond donors (Lipinski definition) is 1. The predicted octanol–water partition coefficient (Wildman–Crippen LogP) is 11.1. The lowest BCUT2D eigenvalue weighted by atomic mass is 9.69. The molecule has 4 aliphatic rings. The minimum Gasteiger partial charge on any atom is -0.313 e. The van der Waals surface area contributed by atoms with Crippen LogP contribution in [0.15, 0.2) is 139 Å². The molecule has 2 nitrogen and oxygen atoms in total. The highest BCUT2D eigenvalue weighted by Gasteiger charge is 2.49. The number of allylic oxidation sites excluding steroid dienone is 5. The van der Waals surface area contributed by atoms with Crippen LogP contribution in [0, 0.1) is 11.3 Å². The van der Waals surface area contributed by atoms with Crippen LogP contribution < -0.4 is 10.2 Å². The zero-order valence-corrected chi connectivity index (χ0v) is 26.7. The average Bonchev–Trinajstić information content (AvgIpc) is 3.35. The second-order valence-corrected chi connectivity index (χ2v) is 14.1. The second-order valence-electron chi connectivity index (χ2n) is 14.1. The van der Waals surface area contributed by atoms with Gasteiger partial charge in [-0.3, -0.25) is 0 Å². The van der Waals surface area contributed by atoms with Crippen LogP contribution in [0.5, 0.6) is 0 Å². The van der Waals surface area contributed by atoms with Crippen molar-refractivity contribution in [2.75, 3.05) is 18.0 Å². The Bertz CT molecular complexity index is 2120. The zero-order valence-electron chi connectivity index (χ0n) is 26.7. The highest BCUT2D eigenvalue weighted by atomic mass is 15.1. The van der Waals surface area contributed by atoms with E-state index in [-0.39, 0.29) is 5.41 Å². The number of hydrogen-bond acceptors (Lipinski definition) is 2. The van der Waals surface area contributed by atoms with Crippen LogP contribution in [0.2, 0.25) is 0 Å². The molecule has 1 aliphatic heterocycles. The summed E-state index contributed by atoms with van der Waals surface area (Å²) in [6.07, 6.45) is 16.1. The summed E-state index contributed by atoms with van der Waals surface area (Å²) in [4.78, 5) is 2.46. The Morgan fingerprint density at radius 3 is 2.43 bits per heavy atom. The Hall–Kier alpha value is -4.66. The van der Waals surface area contributed by atoms with E-state index < -0.39 is 0 Å². The fourth-order valence-electron chi connectivity index (χ4n) is 8.98. The third kappa shape index (κ3) is 4.27. The molecule has 1 heterocycles. The lowest BCUT2D eigenvalue weighted by Crippen LogP contribution is -2.27. The molecule has 226 valence electrons. The van der Waals surface area contributed by atoms with Gasteiger partial charge in [0.2, 0.25) is 0 Å². The molecule has 0 spiro atoms. The SMILES string of the molecule is CC1(C)C2=C(CNCC2)C2c3ccc4ccc(N(c5ccc(C6C=CC=CC6)cc5)c5cccc6ccccc56)cc4c3C=CC21. The summed E-state index contributed by atoms with van der Waals surface area (Å²) in [5, 5.41) is 8.84. The van der Waals surface area contributed by atoms with Gasteiger partial charge in [-0.25, -0.2) is 0 Å². The van der Waals surface area contributed by atoms with Gasteiger partial charge < -0.3 is 10.2 Å².